The zero-order valence-corrected chi connectivity index (χ0v) is 19.0. The van der Waals surface area contributed by atoms with Gasteiger partial charge in [-0.1, -0.05) is 54.6 Å². The number of hydrogen-bond acceptors (Lipinski definition) is 5. The number of carbonyl (C=O) groups excluding carboxylic acids is 3. The predicted octanol–water partition coefficient (Wildman–Crippen LogP) is 2.91. The fourth-order valence-electron chi connectivity index (χ4n) is 4.57. The van der Waals surface area contributed by atoms with Gasteiger partial charge in [-0.3, -0.25) is 4.79 Å². The van der Waals surface area contributed by atoms with Crippen LogP contribution >= 0.6 is 0 Å². The van der Waals surface area contributed by atoms with Crippen molar-refractivity contribution < 1.29 is 24.6 Å². The molecule has 1 saturated heterocycles. The number of phenols is 1. The lowest BCUT2D eigenvalue weighted by Gasteiger charge is -2.31. The molecule has 1 heterocycles. The molecule has 35 heavy (non-hydrogen) atoms. The maximum absolute atomic E-state index is 13.4. The molecule has 3 aromatic carbocycles. The first-order valence-electron chi connectivity index (χ1n) is 11.4. The van der Waals surface area contributed by atoms with Crippen LogP contribution in [0.2, 0.25) is 0 Å². The van der Waals surface area contributed by atoms with E-state index in [1.54, 1.807) is 47.4 Å². The molecular formula is C27H26N3O5-. The number of aliphatic carboxylic acids is 1. The van der Waals surface area contributed by atoms with E-state index in [0.29, 0.717) is 11.3 Å². The molecule has 0 aromatic heterocycles. The first-order chi connectivity index (χ1) is 16.9. The number of likely N-dealkylation sites (tertiary alicyclic amines) is 1. The number of aromatic hydroxyl groups is 1. The third-order valence-corrected chi connectivity index (χ3v) is 6.05. The summed E-state index contributed by atoms with van der Waals surface area (Å²) in [4.78, 5) is 38.4. The molecule has 180 valence electrons. The minimum absolute atomic E-state index is 0.136. The molecular weight excluding hydrogens is 446 g/mol. The molecule has 0 spiro atoms. The Balaban J connectivity index is 1.46. The summed E-state index contributed by atoms with van der Waals surface area (Å²) < 4.78 is 0. The Morgan fingerprint density at radius 2 is 1.57 bits per heavy atom. The molecule has 0 radical (unpaired) electrons. The zero-order valence-electron chi connectivity index (χ0n) is 19.0. The normalized spacial score (nSPS) is 17.1. The lowest BCUT2D eigenvalue weighted by atomic mass is 10.0. The minimum atomic E-state index is -1.21. The second kappa shape index (κ2) is 10.7. The minimum Gasteiger partial charge on any atom is -0.550 e. The van der Waals surface area contributed by atoms with Crippen molar-refractivity contribution in [3.8, 4) is 5.75 Å². The Labute approximate surface area is 203 Å². The van der Waals surface area contributed by atoms with Crippen LogP contribution in [0.3, 0.4) is 0 Å². The Morgan fingerprint density at radius 3 is 2.29 bits per heavy atom. The maximum Gasteiger partial charge on any atom is 0.319 e. The van der Waals surface area contributed by atoms with Gasteiger partial charge in [-0.25, -0.2) is 4.79 Å². The van der Waals surface area contributed by atoms with Crippen LogP contribution in [0.5, 0.6) is 5.75 Å². The summed E-state index contributed by atoms with van der Waals surface area (Å²) in [5.41, 5.74) is 2.76. The van der Waals surface area contributed by atoms with E-state index in [0.717, 1.165) is 24.0 Å². The van der Waals surface area contributed by atoms with Crippen LogP contribution in [0.1, 0.15) is 41.6 Å². The van der Waals surface area contributed by atoms with E-state index in [9.17, 15) is 24.6 Å². The van der Waals surface area contributed by atoms with E-state index in [1.165, 1.54) is 0 Å². The molecule has 4 rings (SSSR count). The summed E-state index contributed by atoms with van der Waals surface area (Å²) in [5, 5.41) is 26.0. The molecule has 0 saturated carbocycles. The van der Waals surface area contributed by atoms with Crippen LogP contribution in [0.4, 0.5) is 10.5 Å². The number of carbonyl (C=O) groups is 3. The smallest absolute Gasteiger partial charge is 0.319 e. The second-order valence-corrected chi connectivity index (χ2v) is 8.47. The van der Waals surface area contributed by atoms with Crippen molar-refractivity contribution in [2.75, 3.05) is 11.9 Å². The zero-order chi connectivity index (χ0) is 24.8. The number of carboxylic acid groups (broad SMARTS) is 1. The topological polar surface area (TPSA) is 122 Å². The SMILES string of the molecule is O=C([O-])Cc1cccc(NC(=O)NCC(=O)N2C(c3ccccc3)CCC2c2cccc(O)c2)c1. The number of amides is 3. The number of carboxylic acids is 1. The van der Waals surface area contributed by atoms with Gasteiger partial charge in [-0.2, -0.15) is 0 Å². The molecule has 1 aliphatic heterocycles. The monoisotopic (exact) mass is 472 g/mol. The summed E-state index contributed by atoms with van der Waals surface area (Å²) in [6.07, 6.45) is 1.22. The quantitative estimate of drug-likeness (QED) is 0.488. The van der Waals surface area contributed by atoms with E-state index >= 15 is 0 Å². The van der Waals surface area contributed by atoms with E-state index < -0.39 is 12.0 Å². The molecule has 3 N–H and O–H groups in total. The molecule has 8 nitrogen and oxygen atoms in total. The predicted molar refractivity (Wildman–Crippen MR) is 128 cm³/mol. The lowest BCUT2D eigenvalue weighted by molar-refractivity contribution is -0.304. The molecule has 3 aromatic rings. The van der Waals surface area contributed by atoms with Gasteiger partial charge in [0.15, 0.2) is 0 Å². The fourth-order valence-corrected chi connectivity index (χ4v) is 4.57. The van der Waals surface area contributed by atoms with Crippen molar-refractivity contribution in [1.29, 1.82) is 0 Å². The van der Waals surface area contributed by atoms with Gasteiger partial charge in [0.1, 0.15) is 5.75 Å². The van der Waals surface area contributed by atoms with Crippen LogP contribution < -0.4 is 15.7 Å². The lowest BCUT2D eigenvalue weighted by Crippen LogP contribution is -2.42. The van der Waals surface area contributed by atoms with E-state index in [1.807, 2.05) is 36.4 Å². The van der Waals surface area contributed by atoms with Gasteiger partial charge in [0, 0.05) is 18.1 Å². The van der Waals surface area contributed by atoms with Crippen LogP contribution in [0.25, 0.3) is 0 Å². The number of anilines is 1. The molecule has 1 fully saturated rings. The third-order valence-electron chi connectivity index (χ3n) is 6.05. The number of hydrogen-bond donors (Lipinski definition) is 3. The maximum atomic E-state index is 13.4. The second-order valence-electron chi connectivity index (χ2n) is 8.47. The van der Waals surface area contributed by atoms with Crippen LogP contribution in [0.15, 0.2) is 78.9 Å². The Morgan fingerprint density at radius 1 is 0.886 bits per heavy atom. The molecule has 3 amide bonds. The molecule has 2 atom stereocenters. The fraction of sp³-hybridized carbons (Fsp3) is 0.222. The van der Waals surface area contributed by atoms with Gasteiger partial charge in [-0.05, 0) is 53.8 Å². The molecule has 0 aliphatic carbocycles. The van der Waals surface area contributed by atoms with E-state index in [-0.39, 0.29) is 36.7 Å². The number of nitrogens with one attached hydrogen (secondary N) is 2. The van der Waals surface area contributed by atoms with Gasteiger partial charge in [-0.15, -0.1) is 0 Å². The highest BCUT2D eigenvalue weighted by Crippen LogP contribution is 2.44. The Hall–Kier alpha value is -4.33. The summed E-state index contributed by atoms with van der Waals surface area (Å²) in [6, 6.07) is 22.1. The highest BCUT2D eigenvalue weighted by molar-refractivity contribution is 5.92. The molecule has 0 bridgehead atoms. The van der Waals surface area contributed by atoms with Gasteiger partial charge in [0.25, 0.3) is 0 Å². The first-order valence-corrected chi connectivity index (χ1v) is 11.4. The summed E-state index contributed by atoms with van der Waals surface area (Å²) in [6.45, 7) is -0.219. The van der Waals surface area contributed by atoms with E-state index in [4.69, 9.17) is 0 Å². The number of rotatable bonds is 7. The number of nitrogens with zero attached hydrogens (tertiary/aromatic N) is 1. The van der Waals surface area contributed by atoms with Crippen LogP contribution in [-0.4, -0.2) is 34.5 Å². The summed E-state index contributed by atoms with van der Waals surface area (Å²) in [5.74, 6) is -1.32. The van der Waals surface area contributed by atoms with Gasteiger partial charge >= 0.3 is 6.03 Å². The van der Waals surface area contributed by atoms with Crippen molar-refractivity contribution in [3.63, 3.8) is 0 Å². The van der Waals surface area contributed by atoms with Crippen molar-refractivity contribution in [2.45, 2.75) is 31.3 Å². The molecule has 8 heteroatoms. The summed E-state index contributed by atoms with van der Waals surface area (Å²) >= 11 is 0. The Kier molecular flexibility index (Phi) is 7.30. The van der Waals surface area contributed by atoms with Gasteiger partial charge in [0.05, 0.1) is 18.6 Å². The largest absolute Gasteiger partial charge is 0.550 e. The summed E-state index contributed by atoms with van der Waals surface area (Å²) in [7, 11) is 0. The van der Waals surface area contributed by atoms with Crippen molar-refractivity contribution in [2.24, 2.45) is 0 Å². The number of benzene rings is 3. The van der Waals surface area contributed by atoms with Gasteiger partial charge in [0.2, 0.25) is 5.91 Å². The van der Waals surface area contributed by atoms with Crippen LogP contribution in [-0.2, 0) is 16.0 Å². The third kappa shape index (κ3) is 5.97. The number of urea groups is 1. The van der Waals surface area contributed by atoms with Crippen molar-refractivity contribution in [3.05, 3.63) is 95.6 Å². The average molecular weight is 473 g/mol. The van der Waals surface area contributed by atoms with Gasteiger partial charge < -0.3 is 30.5 Å². The number of phenolic OH excluding ortho intramolecular Hbond substituents is 1. The van der Waals surface area contributed by atoms with E-state index in [2.05, 4.69) is 10.6 Å². The highest BCUT2D eigenvalue weighted by Gasteiger charge is 2.38. The van der Waals surface area contributed by atoms with Crippen molar-refractivity contribution in [1.82, 2.24) is 10.2 Å². The Bertz CT molecular complexity index is 1210. The molecule has 1 aliphatic rings. The van der Waals surface area contributed by atoms with Crippen molar-refractivity contribution >= 4 is 23.6 Å². The first kappa shape index (κ1) is 23.8. The average Bonchev–Trinajstić information content (AvgIpc) is 3.28. The molecule has 2 unspecified atom stereocenters. The standard InChI is InChI=1S/C27H27N3O5/c31-22-11-5-9-20(16-22)24-13-12-23(19-7-2-1-3-8-19)30(24)25(32)17-28-27(35)29-21-10-4-6-18(14-21)15-26(33)34/h1-11,14,16,23-24,31H,12-13,15,17H2,(H,33,34)(H2,28,29,35)/p-1. The van der Waals surface area contributed by atoms with Crippen LogP contribution in [0, 0.1) is 0 Å². The highest BCUT2D eigenvalue weighted by atomic mass is 16.4.